The first kappa shape index (κ1) is 43.3. The Morgan fingerprint density at radius 3 is 1.75 bits per heavy atom. The Kier molecular flexibility index (Phi) is 11.8. The number of amides is 4. The Bertz CT molecular complexity index is 2530. The molecule has 0 spiro atoms. The molecule has 2 fully saturated rings. The van der Waals surface area contributed by atoms with Crippen LogP contribution >= 0.6 is 0 Å². The third-order valence-electron chi connectivity index (χ3n) is 12.7. The van der Waals surface area contributed by atoms with Crippen molar-refractivity contribution < 1.29 is 33.4 Å². The molecule has 3 aliphatic rings. The van der Waals surface area contributed by atoms with Crippen LogP contribution < -0.4 is 15.4 Å². The van der Waals surface area contributed by atoms with Gasteiger partial charge in [-0.3, -0.25) is 9.59 Å². The molecule has 2 saturated heterocycles. The van der Waals surface area contributed by atoms with E-state index in [1.54, 1.807) is 6.20 Å². The van der Waals surface area contributed by atoms with Gasteiger partial charge in [0, 0.05) is 51.7 Å². The lowest BCUT2D eigenvalue weighted by Crippen LogP contribution is -2.51. The predicted octanol–water partition coefficient (Wildman–Crippen LogP) is 8.18. The minimum Gasteiger partial charge on any atom is -0.484 e. The zero-order valence-corrected chi connectivity index (χ0v) is 37.5. The van der Waals surface area contributed by atoms with Crippen LogP contribution in [0.3, 0.4) is 0 Å². The number of hydrogen-bond acceptors (Lipinski definition) is 9. The lowest BCUT2D eigenvalue weighted by Gasteiger charge is -2.36. The van der Waals surface area contributed by atoms with Gasteiger partial charge in [-0.25, -0.2) is 19.6 Å². The van der Waals surface area contributed by atoms with Crippen LogP contribution in [0.4, 0.5) is 9.59 Å². The van der Waals surface area contributed by atoms with Gasteiger partial charge < -0.3 is 49.6 Å². The fourth-order valence-electron chi connectivity index (χ4n) is 9.35. The van der Waals surface area contributed by atoms with E-state index in [1.807, 2.05) is 43.7 Å². The van der Waals surface area contributed by atoms with E-state index in [0.717, 1.165) is 81.7 Å². The minimum absolute atomic E-state index is 0.125. The second-order valence-electron chi connectivity index (χ2n) is 18.7. The topological polar surface area (TPSA) is 200 Å². The highest BCUT2D eigenvalue weighted by molar-refractivity contribution is 5.96. The van der Waals surface area contributed by atoms with Gasteiger partial charge in [0.1, 0.15) is 35.6 Å². The van der Waals surface area contributed by atoms with E-state index in [0.29, 0.717) is 24.7 Å². The molecule has 3 aromatic heterocycles. The van der Waals surface area contributed by atoms with Gasteiger partial charge in [0.2, 0.25) is 11.8 Å². The third kappa shape index (κ3) is 8.22. The van der Waals surface area contributed by atoms with Crippen molar-refractivity contribution in [3.05, 3.63) is 66.0 Å². The van der Waals surface area contributed by atoms with E-state index >= 15 is 0 Å². The number of rotatable bonds is 10. The Hall–Kier alpha value is -6.32. The van der Waals surface area contributed by atoms with E-state index in [4.69, 9.17) is 24.2 Å². The number of nitrogens with zero attached hydrogens (tertiary/aromatic N) is 4. The smallest absolute Gasteiger partial charge is 0.407 e. The number of alkyl carbamates (subject to hydrolysis) is 2. The summed E-state index contributed by atoms with van der Waals surface area (Å²) in [5, 5.41) is 6.48. The summed E-state index contributed by atoms with van der Waals surface area (Å²) >= 11 is 0. The molecule has 0 bridgehead atoms. The first-order valence-electron chi connectivity index (χ1n) is 21.9. The van der Waals surface area contributed by atoms with Gasteiger partial charge in [-0.1, -0.05) is 60.6 Å². The van der Waals surface area contributed by atoms with E-state index in [-0.39, 0.29) is 47.3 Å². The van der Waals surface area contributed by atoms with Gasteiger partial charge in [-0.05, 0) is 61.8 Å². The summed E-state index contributed by atoms with van der Waals surface area (Å²) in [6.07, 6.45) is 5.25. The Labute approximate surface area is 367 Å². The largest absolute Gasteiger partial charge is 0.484 e. The van der Waals surface area contributed by atoms with Gasteiger partial charge in [0.25, 0.3) is 0 Å². The van der Waals surface area contributed by atoms with E-state index in [2.05, 4.69) is 82.8 Å². The van der Waals surface area contributed by atoms with Gasteiger partial charge in [-0.2, -0.15) is 0 Å². The van der Waals surface area contributed by atoms with Crippen molar-refractivity contribution in [2.75, 3.05) is 27.3 Å². The number of hydrogen-bond donors (Lipinski definition) is 5. The normalized spacial score (nSPS) is 19.4. The number of carbonyl (C=O) groups is 4. The minimum atomic E-state index is -0.713. The molecule has 6 heterocycles. The van der Waals surface area contributed by atoms with Gasteiger partial charge >= 0.3 is 12.2 Å². The van der Waals surface area contributed by atoms with Crippen molar-refractivity contribution in [3.63, 3.8) is 0 Å². The number of likely N-dealkylation sites (tertiary alicyclic amines) is 2. The van der Waals surface area contributed by atoms with Crippen LogP contribution in [-0.4, -0.2) is 98.1 Å². The van der Waals surface area contributed by atoms with Crippen molar-refractivity contribution in [2.45, 2.75) is 104 Å². The molecule has 5 N–H and O–H groups in total. The fraction of sp³-hybridized carbons (Fsp3) is 0.489. The summed E-state index contributed by atoms with van der Waals surface area (Å²) in [5.41, 5.74) is 7.26. The fourth-order valence-corrected chi connectivity index (χ4v) is 9.35. The molecule has 16 nitrogen and oxygen atoms in total. The molecule has 8 rings (SSSR count). The van der Waals surface area contributed by atoms with Crippen molar-refractivity contribution in [3.8, 4) is 39.5 Å². The number of fused-ring (bicyclic) bond motifs is 5. The van der Waals surface area contributed by atoms with Crippen LogP contribution in [0, 0.1) is 17.3 Å². The van der Waals surface area contributed by atoms with Crippen LogP contribution in [0.25, 0.3) is 44.7 Å². The molecule has 5 aromatic rings. The lowest BCUT2D eigenvalue weighted by molar-refractivity contribution is -0.136. The SMILES string of the molecule is COC(=O)NC(C(=O)N1CCCC1c1ncc(-c2ccc3c(c2)OC(C(C)(C)C)c2c-3[nH]c3ccc(-c4cnc(C5CCCN5C(=O)C(NC(=O)OC)C(C)C)[nH]4)cc23)[nH]1)C(C)C. The number of carbonyl (C=O) groups excluding carboxylic acids is 4. The number of imidazole rings is 2. The summed E-state index contributed by atoms with van der Waals surface area (Å²) in [6, 6.07) is 10.6. The zero-order chi connectivity index (χ0) is 44.9. The molecule has 5 atom stereocenters. The molecule has 334 valence electrons. The summed E-state index contributed by atoms with van der Waals surface area (Å²) < 4.78 is 16.6. The van der Waals surface area contributed by atoms with E-state index in [9.17, 15) is 19.2 Å². The second kappa shape index (κ2) is 17.1. The molecular formula is C47H59N9O7. The van der Waals surface area contributed by atoms with E-state index < -0.39 is 24.3 Å². The number of benzene rings is 2. The number of methoxy groups -OCH3 is 2. The zero-order valence-electron chi connectivity index (χ0n) is 37.5. The number of ether oxygens (including phenoxy) is 3. The summed E-state index contributed by atoms with van der Waals surface area (Å²) in [4.78, 5) is 75.6. The third-order valence-corrected chi connectivity index (χ3v) is 12.7. The van der Waals surface area contributed by atoms with Gasteiger partial charge in [0.15, 0.2) is 0 Å². The van der Waals surface area contributed by atoms with Crippen molar-refractivity contribution in [1.29, 1.82) is 0 Å². The Morgan fingerprint density at radius 1 is 0.746 bits per heavy atom. The van der Waals surface area contributed by atoms with Crippen LogP contribution in [0.5, 0.6) is 5.75 Å². The number of nitrogens with one attached hydrogen (secondary N) is 5. The van der Waals surface area contributed by atoms with Gasteiger partial charge in [0.05, 0.1) is 55.8 Å². The molecule has 2 aromatic carbocycles. The van der Waals surface area contributed by atoms with Crippen molar-refractivity contribution >= 4 is 34.9 Å². The molecule has 5 unspecified atom stereocenters. The highest BCUT2D eigenvalue weighted by atomic mass is 16.5. The van der Waals surface area contributed by atoms with Crippen molar-refractivity contribution in [2.24, 2.45) is 17.3 Å². The highest BCUT2D eigenvalue weighted by Gasteiger charge is 2.41. The van der Waals surface area contributed by atoms with E-state index in [1.165, 1.54) is 14.2 Å². The molecule has 0 aliphatic carbocycles. The number of aromatic nitrogens is 5. The first-order chi connectivity index (χ1) is 30.1. The van der Waals surface area contributed by atoms with Crippen LogP contribution in [-0.2, 0) is 19.1 Å². The Morgan fingerprint density at radius 2 is 1.25 bits per heavy atom. The maximum atomic E-state index is 13.8. The van der Waals surface area contributed by atoms with Crippen LogP contribution in [0.15, 0.2) is 48.8 Å². The summed E-state index contributed by atoms with van der Waals surface area (Å²) in [7, 11) is 2.58. The molecule has 3 aliphatic heterocycles. The molecule has 0 radical (unpaired) electrons. The van der Waals surface area contributed by atoms with Gasteiger partial charge in [-0.15, -0.1) is 0 Å². The number of H-pyrrole nitrogens is 3. The highest BCUT2D eigenvalue weighted by Crippen LogP contribution is 2.52. The summed E-state index contributed by atoms with van der Waals surface area (Å²) in [6.45, 7) is 15.3. The standard InChI is InChI=1S/C47H59N9O7/c1-24(2)37(53-45(59)61-8)43(57)55-18-10-12-33(55)41-48-22-31(51-41)26-15-17-30-29(20-26)36-39(50-30)28-16-14-27(21-35(28)63-40(36)47(5,6)7)32-23-49-42(52-32)34-13-11-19-56(34)44(58)38(25(3)4)54-46(60)62-9/h14-17,20-25,33-34,37-38,40,50H,10-13,18-19H2,1-9H3,(H,48,51)(H,49,52)(H,53,59)(H,54,60). The lowest BCUT2D eigenvalue weighted by atomic mass is 9.81. The molecule has 4 amide bonds. The average Bonchev–Trinajstić information content (AvgIpc) is 4.12. The predicted molar refractivity (Wildman–Crippen MR) is 237 cm³/mol. The monoisotopic (exact) mass is 861 g/mol. The Balaban J connectivity index is 1.06. The molecule has 0 saturated carbocycles. The second-order valence-corrected chi connectivity index (χ2v) is 18.7. The molecule has 63 heavy (non-hydrogen) atoms. The van der Waals surface area contributed by atoms with Crippen LogP contribution in [0.1, 0.15) is 110 Å². The molecular weight excluding hydrogens is 803 g/mol. The number of aromatic amines is 3. The van der Waals surface area contributed by atoms with Crippen molar-refractivity contribution in [1.82, 2.24) is 45.4 Å². The molecule has 16 heteroatoms. The summed E-state index contributed by atoms with van der Waals surface area (Å²) in [5.74, 6) is 1.60. The van der Waals surface area contributed by atoms with Crippen LogP contribution in [0.2, 0.25) is 0 Å². The quantitative estimate of drug-likeness (QED) is 0.0919. The maximum absolute atomic E-state index is 13.8. The average molecular weight is 862 g/mol. The maximum Gasteiger partial charge on any atom is 0.407 e. The first-order valence-corrected chi connectivity index (χ1v) is 21.9.